The molecule has 0 spiro atoms. The van der Waals surface area contributed by atoms with E-state index in [0.717, 1.165) is 31.3 Å². The zero-order valence-corrected chi connectivity index (χ0v) is 11.5. The summed E-state index contributed by atoms with van der Waals surface area (Å²) in [5.41, 5.74) is 1.13. The van der Waals surface area contributed by atoms with Crippen LogP contribution in [0.1, 0.15) is 78.1 Å². The van der Waals surface area contributed by atoms with Gasteiger partial charge in [0.05, 0.1) is 0 Å². The molecule has 0 radical (unpaired) electrons. The normalized spacial score (nSPS) is 11.8. The third-order valence-electron chi connectivity index (χ3n) is 3.03. The molecule has 0 fully saturated rings. The second-order valence-electron chi connectivity index (χ2n) is 4.76. The van der Waals surface area contributed by atoms with Crippen LogP contribution in [0.5, 0.6) is 0 Å². The number of hydrogen-bond acceptors (Lipinski definition) is 1. The van der Waals surface area contributed by atoms with Crippen molar-refractivity contribution in [1.82, 2.24) is 0 Å². The largest absolute Gasteiger partial charge is 0.478 e. The standard InChI is InChI=1S/C15H28O2/c1-3-5-7-8-10-12-14(13-15(16)17)11-9-6-4-2/h13H,3-12H2,1-2H3,(H,16,17)/b14-13+. The van der Waals surface area contributed by atoms with Gasteiger partial charge in [0.1, 0.15) is 0 Å². The summed E-state index contributed by atoms with van der Waals surface area (Å²) in [5.74, 6) is -0.787. The molecule has 0 rings (SSSR count). The topological polar surface area (TPSA) is 37.3 Å². The summed E-state index contributed by atoms with van der Waals surface area (Å²) in [7, 11) is 0. The van der Waals surface area contributed by atoms with E-state index in [-0.39, 0.29) is 0 Å². The van der Waals surface area contributed by atoms with Crippen LogP contribution in [0.15, 0.2) is 11.6 Å². The van der Waals surface area contributed by atoms with Crippen LogP contribution in [0, 0.1) is 0 Å². The number of aliphatic carboxylic acids is 1. The number of rotatable bonds is 11. The molecule has 2 heteroatoms. The zero-order valence-electron chi connectivity index (χ0n) is 11.5. The fourth-order valence-electron chi connectivity index (χ4n) is 2.00. The first kappa shape index (κ1) is 16.2. The summed E-state index contributed by atoms with van der Waals surface area (Å²) >= 11 is 0. The summed E-state index contributed by atoms with van der Waals surface area (Å²) in [4.78, 5) is 10.7. The third-order valence-corrected chi connectivity index (χ3v) is 3.03. The minimum Gasteiger partial charge on any atom is -0.478 e. The van der Waals surface area contributed by atoms with Crippen molar-refractivity contribution in [2.75, 3.05) is 0 Å². The highest BCUT2D eigenvalue weighted by molar-refractivity contribution is 5.80. The maximum absolute atomic E-state index is 10.7. The molecule has 0 aliphatic carbocycles. The molecule has 0 aromatic rings. The van der Waals surface area contributed by atoms with Gasteiger partial charge in [-0.05, 0) is 25.7 Å². The summed E-state index contributed by atoms with van der Waals surface area (Å²) in [6, 6.07) is 0. The van der Waals surface area contributed by atoms with Gasteiger partial charge in [0.2, 0.25) is 0 Å². The third kappa shape index (κ3) is 11.5. The number of unbranched alkanes of at least 4 members (excludes halogenated alkanes) is 6. The summed E-state index contributed by atoms with van der Waals surface area (Å²) in [5, 5.41) is 8.80. The Kier molecular flexibility index (Phi) is 11.1. The number of hydrogen-bond donors (Lipinski definition) is 1. The number of carboxylic acids is 1. The van der Waals surface area contributed by atoms with Crippen molar-refractivity contribution in [3.8, 4) is 0 Å². The second kappa shape index (κ2) is 11.7. The van der Waals surface area contributed by atoms with Crippen molar-refractivity contribution in [1.29, 1.82) is 0 Å². The predicted molar refractivity (Wildman–Crippen MR) is 73.2 cm³/mol. The lowest BCUT2D eigenvalue weighted by Gasteiger charge is -2.06. The van der Waals surface area contributed by atoms with Crippen LogP contribution in [0.3, 0.4) is 0 Å². The Morgan fingerprint density at radius 2 is 1.35 bits per heavy atom. The average molecular weight is 240 g/mol. The van der Waals surface area contributed by atoms with Crippen LogP contribution in [-0.2, 0) is 4.79 Å². The van der Waals surface area contributed by atoms with E-state index in [1.807, 2.05) is 0 Å². The first-order valence-corrected chi connectivity index (χ1v) is 7.13. The first-order valence-electron chi connectivity index (χ1n) is 7.13. The molecule has 0 saturated carbocycles. The van der Waals surface area contributed by atoms with Crippen molar-refractivity contribution in [3.63, 3.8) is 0 Å². The molecule has 0 saturated heterocycles. The van der Waals surface area contributed by atoms with Gasteiger partial charge in [-0.1, -0.05) is 57.9 Å². The fourth-order valence-corrected chi connectivity index (χ4v) is 2.00. The molecule has 0 aromatic heterocycles. The summed E-state index contributed by atoms with van der Waals surface area (Å²) < 4.78 is 0. The monoisotopic (exact) mass is 240 g/mol. The van der Waals surface area contributed by atoms with Gasteiger partial charge >= 0.3 is 5.97 Å². The molecule has 0 atom stereocenters. The second-order valence-corrected chi connectivity index (χ2v) is 4.76. The smallest absolute Gasteiger partial charge is 0.328 e. The molecular weight excluding hydrogens is 212 g/mol. The van der Waals surface area contributed by atoms with Crippen molar-refractivity contribution < 1.29 is 9.90 Å². The maximum Gasteiger partial charge on any atom is 0.328 e. The molecule has 0 amide bonds. The Hall–Kier alpha value is -0.790. The predicted octanol–water partition coefficient (Wildman–Crippen LogP) is 4.94. The van der Waals surface area contributed by atoms with E-state index in [9.17, 15) is 4.79 Å². The van der Waals surface area contributed by atoms with Gasteiger partial charge in [-0.2, -0.15) is 0 Å². The van der Waals surface area contributed by atoms with Crippen LogP contribution >= 0.6 is 0 Å². The molecule has 0 unspecified atom stereocenters. The summed E-state index contributed by atoms with van der Waals surface area (Å²) in [6.07, 6.45) is 13.1. The molecule has 0 heterocycles. The highest BCUT2D eigenvalue weighted by Crippen LogP contribution is 2.17. The minimum absolute atomic E-state index is 0.787. The summed E-state index contributed by atoms with van der Waals surface area (Å²) in [6.45, 7) is 4.38. The lowest BCUT2D eigenvalue weighted by molar-refractivity contribution is -0.131. The molecule has 100 valence electrons. The van der Waals surface area contributed by atoms with E-state index in [4.69, 9.17) is 5.11 Å². The number of carboxylic acid groups (broad SMARTS) is 1. The van der Waals surface area contributed by atoms with Crippen molar-refractivity contribution in [3.05, 3.63) is 11.6 Å². The fraction of sp³-hybridized carbons (Fsp3) is 0.800. The van der Waals surface area contributed by atoms with Crippen LogP contribution in [0.2, 0.25) is 0 Å². The van der Waals surface area contributed by atoms with Crippen molar-refractivity contribution >= 4 is 5.97 Å². The molecule has 2 nitrogen and oxygen atoms in total. The lowest BCUT2D eigenvalue weighted by atomic mass is 10.0. The van der Waals surface area contributed by atoms with Gasteiger partial charge in [-0.3, -0.25) is 0 Å². The molecule has 17 heavy (non-hydrogen) atoms. The van der Waals surface area contributed by atoms with Gasteiger partial charge in [0, 0.05) is 6.08 Å². The van der Waals surface area contributed by atoms with Crippen molar-refractivity contribution in [2.24, 2.45) is 0 Å². The van der Waals surface area contributed by atoms with Crippen LogP contribution in [0.25, 0.3) is 0 Å². The van der Waals surface area contributed by atoms with Crippen LogP contribution < -0.4 is 0 Å². The zero-order chi connectivity index (χ0) is 12.9. The van der Waals surface area contributed by atoms with Crippen LogP contribution in [-0.4, -0.2) is 11.1 Å². The van der Waals surface area contributed by atoms with E-state index in [1.54, 1.807) is 0 Å². The minimum atomic E-state index is -0.787. The highest BCUT2D eigenvalue weighted by Gasteiger charge is 2.01. The molecule has 0 aliphatic rings. The van der Waals surface area contributed by atoms with Crippen molar-refractivity contribution in [2.45, 2.75) is 78.1 Å². The SMILES string of the molecule is CCCCCCC/C(=C/C(=O)O)CCCCC. The number of allylic oxidation sites excluding steroid dienone is 1. The highest BCUT2D eigenvalue weighted by atomic mass is 16.4. The Morgan fingerprint density at radius 3 is 1.88 bits per heavy atom. The quantitative estimate of drug-likeness (QED) is 0.410. The van der Waals surface area contributed by atoms with E-state index in [2.05, 4.69) is 13.8 Å². The number of carbonyl (C=O) groups is 1. The lowest BCUT2D eigenvalue weighted by Crippen LogP contribution is -1.94. The molecule has 0 bridgehead atoms. The Labute approximate surface area is 106 Å². The van der Waals surface area contributed by atoms with E-state index in [1.165, 1.54) is 44.6 Å². The maximum atomic E-state index is 10.7. The Morgan fingerprint density at radius 1 is 0.882 bits per heavy atom. The Balaban J connectivity index is 3.82. The van der Waals surface area contributed by atoms with Gasteiger partial charge in [-0.25, -0.2) is 4.79 Å². The molecular formula is C15H28O2. The van der Waals surface area contributed by atoms with Crippen LogP contribution in [0.4, 0.5) is 0 Å². The van der Waals surface area contributed by atoms with Gasteiger partial charge < -0.3 is 5.11 Å². The van der Waals surface area contributed by atoms with E-state index in [0.29, 0.717) is 0 Å². The van der Waals surface area contributed by atoms with Gasteiger partial charge in [0.15, 0.2) is 0 Å². The first-order chi connectivity index (χ1) is 8.20. The Bertz CT molecular complexity index is 219. The van der Waals surface area contributed by atoms with Gasteiger partial charge in [0.25, 0.3) is 0 Å². The van der Waals surface area contributed by atoms with E-state index < -0.39 is 5.97 Å². The molecule has 0 aliphatic heterocycles. The molecule has 1 N–H and O–H groups in total. The molecule has 0 aromatic carbocycles. The average Bonchev–Trinajstić information content (AvgIpc) is 2.28. The van der Waals surface area contributed by atoms with E-state index >= 15 is 0 Å². The van der Waals surface area contributed by atoms with Gasteiger partial charge in [-0.15, -0.1) is 0 Å².